The van der Waals surface area contributed by atoms with Crippen LogP contribution in [0.2, 0.25) is 0 Å². The molecule has 0 spiro atoms. The van der Waals surface area contributed by atoms with Crippen molar-refractivity contribution in [3.63, 3.8) is 0 Å². The van der Waals surface area contributed by atoms with Crippen molar-refractivity contribution in [1.82, 2.24) is 19.7 Å². The Hall–Kier alpha value is -2.71. The number of carbonyl (C=O) groups is 1. The zero-order valence-electron chi connectivity index (χ0n) is 18.1. The van der Waals surface area contributed by atoms with E-state index in [-0.39, 0.29) is 17.8 Å². The summed E-state index contributed by atoms with van der Waals surface area (Å²) in [5.41, 5.74) is 5.15. The maximum atomic E-state index is 12.7. The Morgan fingerprint density at radius 3 is 2.61 bits per heavy atom. The maximum absolute atomic E-state index is 12.7. The number of thioether (sulfide) groups is 1. The normalized spacial score (nSPS) is 15.9. The second kappa shape index (κ2) is 9.62. The predicted octanol–water partition coefficient (Wildman–Crippen LogP) is 4.18. The fourth-order valence-corrected chi connectivity index (χ4v) is 4.70. The lowest BCUT2D eigenvalue weighted by molar-refractivity contribution is -0.113. The van der Waals surface area contributed by atoms with E-state index in [0.717, 1.165) is 52.8 Å². The number of hydrogen-bond acceptors (Lipinski definition) is 6. The molecule has 162 valence electrons. The van der Waals surface area contributed by atoms with Gasteiger partial charge in [0.15, 0.2) is 11.0 Å². The molecule has 1 aromatic carbocycles. The summed E-state index contributed by atoms with van der Waals surface area (Å²) in [6, 6.07) is 7.99. The van der Waals surface area contributed by atoms with Gasteiger partial charge in [0.25, 0.3) is 0 Å². The van der Waals surface area contributed by atoms with Gasteiger partial charge in [-0.2, -0.15) is 0 Å². The van der Waals surface area contributed by atoms with Crippen molar-refractivity contribution in [1.29, 1.82) is 0 Å². The molecule has 4 rings (SSSR count). The van der Waals surface area contributed by atoms with Crippen molar-refractivity contribution in [2.45, 2.75) is 51.4 Å². The van der Waals surface area contributed by atoms with E-state index in [2.05, 4.69) is 44.1 Å². The van der Waals surface area contributed by atoms with E-state index in [1.807, 2.05) is 26.0 Å². The first-order chi connectivity index (χ1) is 15.0. The van der Waals surface area contributed by atoms with Crippen LogP contribution in [0, 0.1) is 20.8 Å². The molecule has 7 nitrogen and oxygen atoms in total. The highest BCUT2D eigenvalue weighted by molar-refractivity contribution is 7.99. The predicted molar refractivity (Wildman–Crippen MR) is 122 cm³/mol. The molecule has 1 amide bonds. The average molecular weight is 438 g/mol. The van der Waals surface area contributed by atoms with Crippen molar-refractivity contribution >= 4 is 23.4 Å². The van der Waals surface area contributed by atoms with Crippen LogP contribution < -0.4 is 5.32 Å². The minimum absolute atomic E-state index is 0.0582. The average Bonchev–Trinajstić information content (AvgIpc) is 3.40. The molecule has 0 radical (unpaired) electrons. The molecule has 1 saturated heterocycles. The molecule has 31 heavy (non-hydrogen) atoms. The number of pyridine rings is 1. The van der Waals surface area contributed by atoms with Gasteiger partial charge >= 0.3 is 0 Å². The Balaban J connectivity index is 1.50. The van der Waals surface area contributed by atoms with Gasteiger partial charge in [-0.05, 0) is 56.9 Å². The molecule has 1 fully saturated rings. The number of nitrogens with zero attached hydrogens (tertiary/aromatic N) is 4. The third-order valence-electron chi connectivity index (χ3n) is 5.34. The van der Waals surface area contributed by atoms with E-state index >= 15 is 0 Å². The zero-order valence-corrected chi connectivity index (χ0v) is 18.9. The van der Waals surface area contributed by atoms with Gasteiger partial charge in [0.05, 0.1) is 18.4 Å². The number of ether oxygens (including phenoxy) is 1. The largest absolute Gasteiger partial charge is 0.376 e. The van der Waals surface area contributed by atoms with Crippen LogP contribution in [0.4, 0.5) is 5.69 Å². The summed E-state index contributed by atoms with van der Waals surface area (Å²) in [5, 5.41) is 12.6. The lowest BCUT2D eigenvalue weighted by Crippen LogP contribution is -2.18. The van der Waals surface area contributed by atoms with Crippen LogP contribution in [0.25, 0.3) is 11.4 Å². The van der Waals surface area contributed by atoms with Crippen molar-refractivity contribution in [3.05, 3.63) is 53.3 Å². The summed E-state index contributed by atoms with van der Waals surface area (Å²) in [5.74, 6) is 0.968. The van der Waals surface area contributed by atoms with E-state index in [4.69, 9.17) is 4.74 Å². The molecule has 3 heterocycles. The molecule has 0 bridgehead atoms. The van der Waals surface area contributed by atoms with Crippen LogP contribution in [0.5, 0.6) is 0 Å². The highest BCUT2D eigenvalue weighted by atomic mass is 32.2. The van der Waals surface area contributed by atoms with Crippen LogP contribution in [-0.2, 0) is 16.1 Å². The van der Waals surface area contributed by atoms with E-state index in [1.54, 1.807) is 12.4 Å². The number of aromatic nitrogens is 4. The molecule has 1 unspecified atom stereocenters. The second-order valence-corrected chi connectivity index (χ2v) is 8.84. The smallest absolute Gasteiger partial charge is 0.234 e. The monoisotopic (exact) mass is 437 g/mol. The lowest BCUT2D eigenvalue weighted by Gasteiger charge is -2.15. The first kappa shape index (κ1) is 21.5. The van der Waals surface area contributed by atoms with Crippen LogP contribution >= 0.6 is 11.8 Å². The van der Waals surface area contributed by atoms with Gasteiger partial charge in [0, 0.05) is 30.3 Å². The molecule has 1 aliphatic heterocycles. The molecule has 2 aromatic heterocycles. The van der Waals surface area contributed by atoms with Gasteiger partial charge < -0.3 is 10.1 Å². The highest BCUT2D eigenvalue weighted by Gasteiger charge is 2.22. The Bertz CT molecular complexity index is 1040. The molecular formula is C23H27N5O2S. The quantitative estimate of drug-likeness (QED) is 0.559. The van der Waals surface area contributed by atoms with Crippen LogP contribution in [0.3, 0.4) is 0 Å². The summed E-state index contributed by atoms with van der Waals surface area (Å²) < 4.78 is 7.90. The van der Waals surface area contributed by atoms with E-state index in [0.29, 0.717) is 6.54 Å². The summed E-state index contributed by atoms with van der Waals surface area (Å²) in [7, 11) is 0. The van der Waals surface area contributed by atoms with E-state index < -0.39 is 0 Å². The van der Waals surface area contributed by atoms with E-state index in [1.165, 1.54) is 17.3 Å². The van der Waals surface area contributed by atoms with Gasteiger partial charge in [-0.25, -0.2) is 0 Å². The number of carbonyl (C=O) groups excluding carboxylic acids is 1. The van der Waals surface area contributed by atoms with Gasteiger partial charge in [0.2, 0.25) is 5.91 Å². The van der Waals surface area contributed by atoms with Gasteiger partial charge in [-0.15, -0.1) is 10.2 Å². The van der Waals surface area contributed by atoms with Gasteiger partial charge in [0.1, 0.15) is 0 Å². The number of benzene rings is 1. The van der Waals surface area contributed by atoms with Crippen molar-refractivity contribution in [3.8, 4) is 11.4 Å². The van der Waals surface area contributed by atoms with Crippen LogP contribution in [0.1, 0.15) is 29.5 Å². The molecule has 8 heteroatoms. The number of hydrogen-bond donors (Lipinski definition) is 1. The maximum Gasteiger partial charge on any atom is 0.234 e. The molecule has 1 N–H and O–H groups in total. The summed E-state index contributed by atoms with van der Waals surface area (Å²) in [4.78, 5) is 16.8. The lowest BCUT2D eigenvalue weighted by atomic mass is 10.1. The third kappa shape index (κ3) is 5.14. The van der Waals surface area contributed by atoms with Crippen molar-refractivity contribution in [2.75, 3.05) is 17.7 Å². The fourth-order valence-electron chi connectivity index (χ4n) is 3.95. The molecule has 1 aliphatic rings. The topological polar surface area (TPSA) is 81.9 Å². The Kier molecular flexibility index (Phi) is 6.67. The SMILES string of the molecule is Cc1cc(C)c(NC(=O)CSc2nnc(-c3ccncc3)n2CC2CCCO2)c(C)c1. The van der Waals surface area contributed by atoms with Gasteiger partial charge in [-0.3, -0.25) is 14.3 Å². The van der Waals surface area contributed by atoms with Gasteiger partial charge in [-0.1, -0.05) is 29.5 Å². The van der Waals surface area contributed by atoms with Crippen molar-refractivity contribution < 1.29 is 9.53 Å². The second-order valence-electron chi connectivity index (χ2n) is 7.90. The zero-order chi connectivity index (χ0) is 21.8. The minimum atomic E-state index is -0.0582. The third-order valence-corrected chi connectivity index (χ3v) is 6.31. The first-order valence-electron chi connectivity index (χ1n) is 10.5. The number of aryl methyl sites for hydroxylation is 3. The minimum Gasteiger partial charge on any atom is -0.376 e. The Morgan fingerprint density at radius 2 is 1.94 bits per heavy atom. The Morgan fingerprint density at radius 1 is 1.19 bits per heavy atom. The number of anilines is 1. The van der Waals surface area contributed by atoms with Crippen molar-refractivity contribution in [2.24, 2.45) is 0 Å². The molecule has 0 aliphatic carbocycles. The molecule has 0 saturated carbocycles. The standard InChI is InChI=1S/C23H27N5O2S/c1-15-11-16(2)21(17(3)12-15)25-20(29)14-31-23-27-26-22(18-6-8-24-9-7-18)28(23)13-19-5-4-10-30-19/h6-9,11-12,19H,4-5,10,13-14H2,1-3H3,(H,25,29). The highest BCUT2D eigenvalue weighted by Crippen LogP contribution is 2.27. The first-order valence-corrected chi connectivity index (χ1v) is 11.5. The van der Waals surface area contributed by atoms with Crippen LogP contribution in [0.15, 0.2) is 41.8 Å². The van der Waals surface area contributed by atoms with E-state index in [9.17, 15) is 4.79 Å². The number of nitrogens with one attached hydrogen (secondary N) is 1. The summed E-state index contributed by atoms with van der Waals surface area (Å²) in [6.45, 7) is 7.55. The fraction of sp³-hybridized carbons (Fsp3) is 0.391. The molecule has 1 atom stereocenters. The Labute approximate surface area is 186 Å². The molecular weight excluding hydrogens is 410 g/mol. The summed E-state index contributed by atoms with van der Waals surface area (Å²) in [6.07, 6.45) is 5.71. The molecule has 3 aromatic rings. The number of amides is 1. The number of rotatable bonds is 7. The summed E-state index contributed by atoms with van der Waals surface area (Å²) >= 11 is 1.39. The van der Waals surface area contributed by atoms with Crippen LogP contribution in [-0.4, -0.2) is 44.1 Å².